The van der Waals surface area contributed by atoms with Crippen LogP contribution >= 0.6 is 47.8 Å². The molecule has 1 aliphatic heterocycles. The summed E-state index contributed by atoms with van der Waals surface area (Å²) in [6.45, 7) is 0.385. The summed E-state index contributed by atoms with van der Waals surface area (Å²) in [5.74, 6) is 0.580. The van der Waals surface area contributed by atoms with E-state index >= 15 is 0 Å². The van der Waals surface area contributed by atoms with Gasteiger partial charge in [0.25, 0.3) is 0 Å². The van der Waals surface area contributed by atoms with Crippen molar-refractivity contribution in [3.63, 3.8) is 0 Å². The molecule has 1 heterocycles. The molecule has 0 saturated heterocycles. The van der Waals surface area contributed by atoms with Gasteiger partial charge in [-0.15, -0.1) is 5.10 Å². The second-order valence-electron chi connectivity index (χ2n) is 3.32. The average Bonchev–Trinajstić information content (AvgIpc) is 2.76. The molecule has 0 unspecified atom stereocenters. The van der Waals surface area contributed by atoms with E-state index in [0.717, 1.165) is 5.56 Å². The molecule has 0 N–H and O–H groups in total. The normalized spacial score (nSPS) is 16.2. The number of nitrogens with zero attached hydrogens (tertiary/aromatic N) is 2. The van der Waals surface area contributed by atoms with Gasteiger partial charge in [0.05, 0.1) is 0 Å². The Balaban J connectivity index is 2.04. The lowest BCUT2D eigenvalue weighted by molar-refractivity contribution is 0.180. The van der Waals surface area contributed by atoms with Crippen molar-refractivity contribution in [3.8, 4) is 0 Å². The highest BCUT2D eigenvalue weighted by molar-refractivity contribution is 9.39. The van der Waals surface area contributed by atoms with Crippen molar-refractivity contribution in [3.05, 3.63) is 42.0 Å². The zero-order valence-electron chi connectivity index (χ0n) is 8.69. The lowest BCUT2D eigenvalue weighted by atomic mass is 10.2. The average molecular weight is 425 g/mol. The molecule has 1 aromatic rings. The minimum atomic E-state index is -0.560. The Morgan fingerprint density at radius 1 is 1.18 bits per heavy atom. The van der Waals surface area contributed by atoms with E-state index in [-0.39, 0.29) is 0 Å². The van der Waals surface area contributed by atoms with Gasteiger partial charge < -0.3 is 4.74 Å². The second-order valence-corrected chi connectivity index (χ2v) is 9.96. The van der Waals surface area contributed by atoms with Gasteiger partial charge in [0.15, 0.2) is 6.73 Å². The fraction of sp³-hybridized carbons (Fsp3) is 0.182. The Labute approximate surface area is 125 Å². The fourth-order valence-corrected chi connectivity index (χ4v) is 1.79. The summed E-state index contributed by atoms with van der Waals surface area (Å²) in [4.78, 5) is 0. The third-order valence-corrected chi connectivity index (χ3v) is 3.29. The molecule has 1 aromatic carbocycles. The maximum Gasteiger partial charge on any atom is 0.232 e. The third-order valence-electron chi connectivity index (χ3n) is 2.06. The number of rotatable bonds is 2. The van der Waals surface area contributed by atoms with Gasteiger partial charge in [-0.3, -0.25) is 0 Å². The zero-order chi connectivity index (χ0) is 12.3. The Bertz CT molecular complexity index is 440. The van der Waals surface area contributed by atoms with Crippen LogP contribution in [0, 0.1) is 0 Å². The van der Waals surface area contributed by atoms with Gasteiger partial charge in [-0.05, 0) is 59.4 Å². The molecule has 0 atom stereocenters. The van der Waals surface area contributed by atoms with Gasteiger partial charge in [0.1, 0.15) is 0 Å². The Morgan fingerprint density at radius 2 is 1.88 bits per heavy atom. The highest BCUT2D eigenvalue weighted by atomic mass is 80.0. The van der Waals surface area contributed by atoms with Crippen molar-refractivity contribution in [1.29, 1.82) is 0 Å². The largest absolute Gasteiger partial charge is 0.454 e. The molecule has 3 nitrogen and oxygen atoms in total. The maximum absolute atomic E-state index is 5.41. The van der Waals surface area contributed by atoms with Crippen molar-refractivity contribution >= 4 is 59.8 Å². The van der Waals surface area contributed by atoms with Crippen LogP contribution in [-0.4, -0.2) is 19.9 Å². The Morgan fingerprint density at radius 3 is 2.47 bits per heavy atom. The quantitative estimate of drug-likeness (QED) is 0.527. The van der Waals surface area contributed by atoms with Crippen molar-refractivity contribution < 1.29 is 4.74 Å². The molecular weight excluding hydrogens is 416 g/mol. The number of ether oxygens (including phenoxy) is 1. The molecule has 0 saturated carbocycles. The van der Waals surface area contributed by atoms with Gasteiger partial charge in [0.2, 0.25) is 8.16 Å². The second kappa shape index (κ2) is 5.54. The first-order chi connectivity index (χ1) is 8.05. The van der Waals surface area contributed by atoms with E-state index < -0.39 is 2.27 Å². The van der Waals surface area contributed by atoms with Gasteiger partial charge in [0, 0.05) is 6.08 Å². The number of halogens is 3. The third kappa shape index (κ3) is 3.82. The molecule has 1 aliphatic rings. The fourth-order valence-electron chi connectivity index (χ4n) is 1.25. The van der Waals surface area contributed by atoms with Crippen LogP contribution in [0.2, 0.25) is 0 Å². The molecule has 0 fully saturated rings. The summed E-state index contributed by atoms with van der Waals surface area (Å²) in [6, 6.07) is 10.0. The van der Waals surface area contributed by atoms with E-state index in [2.05, 4.69) is 52.9 Å². The molecule has 0 bridgehead atoms. The number of hydrazone groups is 1. The van der Waals surface area contributed by atoms with E-state index in [0.29, 0.717) is 12.6 Å². The SMILES string of the molecule is BrC(Br)(Br)N1COC(C=Cc2ccccc2)=N1. The number of alkyl halides is 3. The summed E-state index contributed by atoms with van der Waals surface area (Å²) in [6.07, 6.45) is 3.80. The van der Waals surface area contributed by atoms with Crippen LogP contribution in [0.4, 0.5) is 0 Å². The smallest absolute Gasteiger partial charge is 0.232 e. The molecule has 0 radical (unpaired) electrons. The Kier molecular flexibility index (Phi) is 4.27. The molecule has 17 heavy (non-hydrogen) atoms. The minimum absolute atomic E-state index is 0.385. The van der Waals surface area contributed by atoms with Crippen molar-refractivity contribution in [2.75, 3.05) is 6.73 Å². The predicted octanol–water partition coefficient (Wildman–Crippen LogP) is 4.10. The summed E-state index contributed by atoms with van der Waals surface area (Å²) < 4.78 is 4.85. The van der Waals surface area contributed by atoms with Crippen LogP contribution in [0.25, 0.3) is 6.08 Å². The van der Waals surface area contributed by atoms with Crippen LogP contribution in [-0.2, 0) is 4.74 Å². The molecular formula is C11H9Br3N2O. The van der Waals surface area contributed by atoms with Crippen molar-refractivity contribution in [2.24, 2.45) is 5.10 Å². The first kappa shape index (κ1) is 13.1. The summed E-state index contributed by atoms with van der Waals surface area (Å²) in [5, 5.41) is 5.97. The number of hydrogen-bond acceptors (Lipinski definition) is 3. The standard InChI is InChI=1S/C11H9Br3N2O/c12-11(13,14)16-8-17-10(15-16)7-6-9-4-2-1-3-5-9/h1-7H,8H2. The molecule has 90 valence electrons. The van der Waals surface area contributed by atoms with Crippen LogP contribution in [0.5, 0.6) is 0 Å². The summed E-state index contributed by atoms with van der Waals surface area (Å²) in [7, 11) is 0. The highest BCUT2D eigenvalue weighted by Crippen LogP contribution is 2.38. The molecule has 0 aliphatic carbocycles. The predicted molar refractivity (Wildman–Crippen MR) is 80.2 cm³/mol. The monoisotopic (exact) mass is 422 g/mol. The lowest BCUT2D eigenvalue weighted by Gasteiger charge is -2.20. The van der Waals surface area contributed by atoms with Gasteiger partial charge in [-0.2, -0.15) is 0 Å². The molecule has 0 amide bonds. The number of hydrogen-bond donors (Lipinski definition) is 0. The Hall–Kier alpha value is -0.330. The van der Waals surface area contributed by atoms with E-state index in [4.69, 9.17) is 4.74 Å². The topological polar surface area (TPSA) is 24.8 Å². The van der Waals surface area contributed by atoms with Crippen LogP contribution < -0.4 is 0 Å². The lowest BCUT2D eigenvalue weighted by Crippen LogP contribution is -2.26. The molecule has 2 rings (SSSR count). The summed E-state index contributed by atoms with van der Waals surface area (Å²) in [5.41, 5.74) is 1.11. The molecule has 0 spiro atoms. The molecule has 0 aromatic heterocycles. The van der Waals surface area contributed by atoms with E-state index in [1.807, 2.05) is 42.5 Å². The van der Waals surface area contributed by atoms with E-state index in [1.165, 1.54) is 0 Å². The molecule has 6 heteroatoms. The van der Waals surface area contributed by atoms with Crippen LogP contribution in [0.3, 0.4) is 0 Å². The van der Waals surface area contributed by atoms with E-state index in [9.17, 15) is 0 Å². The van der Waals surface area contributed by atoms with Gasteiger partial charge >= 0.3 is 0 Å². The minimum Gasteiger partial charge on any atom is -0.454 e. The van der Waals surface area contributed by atoms with Crippen LogP contribution in [0.1, 0.15) is 5.56 Å². The van der Waals surface area contributed by atoms with Gasteiger partial charge in [-0.25, -0.2) is 5.01 Å². The first-order valence-corrected chi connectivity index (χ1v) is 7.22. The maximum atomic E-state index is 5.41. The highest BCUT2D eigenvalue weighted by Gasteiger charge is 2.30. The van der Waals surface area contributed by atoms with Crippen molar-refractivity contribution in [1.82, 2.24) is 5.01 Å². The van der Waals surface area contributed by atoms with Crippen LogP contribution in [0.15, 0.2) is 41.5 Å². The number of benzene rings is 1. The van der Waals surface area contributed by atoms with Crippen molar-refractivity contribution in [2.45, 2.75) is 2.27 Å². The first-order valence-electron chi connectivity index (χ1n) is 4.84. The van der Waals surface area contributed by atoms with E-state index in [1.54, 1.807) is 5.01 Å². The summed E-state index contributed by atoms with van der Waals surface area (Å²) >= 11 is 10.1. The zero-order valence-corrected chi connectivity index (χ0v) is 13.4. The van der Waals surface area contributed by atoms with Gasteiger partial charge in [-0.1, -0.05) is 30.3 Å².